The highest BCUT2D eigenvalue weighted by atomic mass is 35.5. The van der Waals surface area contributed by atoms with E-state index in [1.807, 2.05) is 24.3 Å². The van der Waals surface area contributed by atoms with Crippen LogP contribution in [0.15, 0.2) is 77.7 Å². The van der Waals surface area contributed by atoms with Crippen molar-refractivity contribution < 1.29 is 13.2 Å². The lowest BCUT2D eigenvalue weighted by Crippen LogP contribution is -2.31. The third kappa shape index (κ3) is 4.31. The molecule has 7 heteroatoms. The van der Waals surface area contributed by atoms with Gasteiger partial charge in [-0.15, -0.1) is 0 Å². The fraction of sp³-hybridized carbons (Fsp3) is 0.208. The van der Waals surface area contributed by atoms with Crippen molar-refractivity contribution in [2.75, 3.05) is 11.4 Å². The van der Waals surface area contributed by atoms with Crippen molar-refractivity contribution in [1.29, 1.82) is 0 Å². The molecule has 160 valence electrons. The van der Waals surface area contributed by atoms with Crippen molar-refractivity contribution in [3.8, 4) is 0 Å². The summed E-state index contributed by atoms with van der Waals surface area (Å²) in [5.41, 5.74) is 3.01. The Bertz CT molecular complexity index is 1210. The van der Waals surface area contributed by atoms with Gasteiger partial charge in [0.1, 0.15) is 0 Å². The first kappa shape index (κ1) is 21.4. The van der Waals surface area contributed by atoms with Crippen LogP contribution in [0.5, 0.6) is 0 Å². The molecule has 1 atom stereocenters. The molecular weight excluding hydrogens is 432 g/mol. The number of rotatable bonds is 5. The molecule has 1 aliphatic carbocycles. The first-order valence-corrected chi connectivity index (χ1v) is 11.9. The van der Waals surface area contributed by atoms with Crippen molar-refractivity contribution >= 4 is 33.2 Å². The number of benzene rings is 3. The number of nitrogens with zero attached hydrogens (tertiary/aromatic N) is 1. The molecule has 1 aliphatic rings. The number of carbonyl (C=O) groups excluding carboxylic acids is 1. The van der Waals surface area contributed by atoms with E-state index in [1.165, 1.54) is 35.1 Å². The molecule has 0 spiro atoms. The summed E-state index contributed by atoms with van der Waals surface area (Å²) in [7, 11) is -2.37. The number of amides is 1. The van der Waals surface area contributed by atoms with Gasteiger partial charge in [-0.25, -0.2) is 8.42 Å². The minimum absolute atomic E-state index is 0.0115. The maximum Gasteiger partial charge on any atom is 0.264 e. The number of nitrogens with one attached hydrogen (secondary N) is 1. The van der Waals surface area contributed by atoms with Crippen LogP contribution >= 0.6 is 11.6 Å². The predicted octanol–water partition coefficient (Wildman–Crippen LogP) is 4.97. The van der Waals surface area contributed by atoms with Crippen LogP contribution in [0, 0.1) is 0 Å². The lowest BCUT2D eigenvalue weighted by molar-refractivity contribution is 0.0932. The molecule has 5 nitrogen and oxygen atoms in total. The Labute approximate surface area is 187 Å². The number of halogens is 1. The van der Waals surface area contributed by atoms with Gasteiger partial charge in [-0.3, -0.25) is 9.10 Å². The number of fused-ring (bicyclic) bond motifs is 1. The minimum Gasteiger partial charge on any atom is -0.345 e. The lowest BCUT2D eigenvalue weighted by Gasteiger charge is -2.26. The molecule has 0 aliphatic heterocycles. The van der Waals surface area contributed by atoms with Gasteiger partial charge in [0.05, 0.1) is 27.2 Å². The fourth-order valence-corrected chi connectivity index (χ4v) is 5.34. The molecule has 0 aromatic heterocycles. The molecule has 0 unspecified atom stereocenters. The van der Waals surface area contributed by atoms with Crippen LogP contribution < -0.4 is 9.62 Å². The van der Waals surface area contributed by atoms with Gasteiger partial charge >= 0.3 is 0 Å². The molecule has 0 saturated carbocycles. The van der Waals surface area contributed by atoms with Crippen LogP contribution in [0.25, 0.3) is 0 Å². The zero-order chi connectivity index (χ0) is 22.0. The SMILES string of the molecule is CN(c1ccccc1)S(=O)(=O)c1ccc(Cl)c(C(=O)N[C@H]2CCCc3ccccc32)c1. The zero-order valence-electron chi connectivity index (χ0n) is 17.1. The summed E-state index contributed by atoms with van der Waals surface area (Å²) in [5, 5.41) is 3.25. The number of hydrogen-bond acceptors (Lipinski definition) is 3. The highest BCUT2D eigenvalue weighted by Crippen LogP contribution is 2.31. The normalized spacial score (nSPS) is 15.7. The molecule has 3 aromatic rings. The van der Waals surface area contributed by atoms with Gasteiger partial charge in [0.15, 0.2) is 0 Å². The van der Waals surface area contributed by atoms with Gasteiger partial charge < -0.3 is 5.32 Å². The van der Waals surface area contributed by atoms with Crippen molar-refractivity contribution in [2.24, 2.45) is 0 Å². The van der Waals surface area contributed by atoms with E-state index in [1.54, 1.807) is 24.3 Å². The Balaban J connectivity index is 1.62. The molecule has 0 bridgehead atoms. The number of carbonyl (C=O) groups is 1. The van der Waals surface area contributed by atoms with Gasteiger partial charge in [0.25, 0.3) is 15.9 Å². The summed E-state index contributed by atoms with van der Waals surface area (Å²) in [5.74, 6) is -0.383. The highest BCUT2D eigenvalue weighted by molar-refractivity contribution is 7.92. The molecule has 1 N–H and O–H groups in total. The topological polar surface area (TPSA) is 66.5 Å². The van der Waals surface area contributed by atoms with E-state index in [-0.39, 0.29) is 27.4 Å². The first-order valence-electron chi connectivity index (χ1n) is 10.1. The Hall–Kier alpha value is -2.83. The highest BCUT2D eigenvalue weighted by Gasteiger charge is 2.26. The number of anilines is 1. The molecule has 31 heavy (non-hydrogen) atoms. The monoisotopic (exact) mass is 454 g/mol. The summed E-state index contributed by atoms with van der Waals surface area (Å²) in [6, 6.07) is 20.9. The maximum absolute atomic E-state index is 13.1. The Morgan fingerprint density at radius 3 is 2.52 bits per heavy atom. The second-order valence-electron chi connectivity index (χ2n) is 7.57. The van der Waals surface area contributed by atoms with Crippen molar-refractivity contribution in [3.05, 3.63) is 94.5 Å². The maximum atomic E-state index is 13.1. The second kappa shape index (κ2) is 8.73. The molecule has 4 rings (SSSR count). The smallest absolute Gasteiger partial charge is 0.264 e. The van der Waals surface area contributed by atoms with Crippen molar-refractivity contribution in [2.45, 2.75) is 30.2 Å². The molecule has 0 saturated heterocycles. The van der Waals surface area contributed by atoms with Gasteiger partial charge in [-0.05, 0) is 60.7 Å². The fourth-order valence-electron chi connectivity index (χ4n) is 3.91. The summed E-state index contributed by atoms with van der Waals surface area (Å²) in [6.45, 7) is 0. The Morgan fingerprint density at radius 2 is 1.74 bits per heavy atom. The summed E-state index contributed by atoms with van der Waals surface area (Å²) < 4.78 is 27.4. The third-order valence-corrected chi connectivity index (χ3v) is 7.75. The van der Waals surface area contributed by atoms with E-state index in [2.05, 4.69) is 11.4 Å². The number of aryl methyl sites for hydroxylation is 1. The molecule has 3 aromatic carbocycles. The van der Waals surface area contributed by atoms with Crippen LogP contribution in [0.4, 0.5) is 5.69 Å². The quantitative estimate of drug-likeness (QED) is 0.591. The van der Waals surface area contributed by atoms with Gasteiger partial charge in [-0.1, -0.05) is 54.1 Å². The van der Waals surface area contributed by atoms with Crippen LogP contribution in [-0.2, 0) is 16.4 Å². The number of para-hydroxylation sites is 1. The molecule has 0 fully saturated rings. The van der Waals surface area contributed by atoms with Gasteiger partial charge in [0.2, 0.25) is 0 Å². The van der Waals surface area contributed by atoms with E-state index < -0.39 is 10.0 Å². The summed E-state index contributed by atoms with van der Waals surface area (Å²) >= 11 is 6.29. The van der Waals surface area contributed by atoms with E-state index in [9.17, 15) is 13.2 Å². The van der Waals surface area contributed by atoms with Crippen LogP contribution in [-0.4, -0.2) is 21.4 Å². The van der Waals surface area contributed by atoms with Crippen LogP contribution in [0.1, 0.15) is 40.4 Å². The average molecular weight is 455 g/mol. The van der Waals surface area contributed by atoms with Gasteiger partial charge in [0, 0.05) is 7.05 Å². The molecule has 1 amide bonds. The van der Waals surface area contributed by atoms with E-state index >= 15 is 0 Å². The van der Waals surface area contributed by atoms with Crippen molar-refractivity contribution in [3.63, 3.8) is 0 Å². The second-order valence-corrected chi connectivity index (χ2v) is 9.94. The predicted molar refractivity (Wildman–Crippen MR) is 123 cm³/mol. The summed E-state index contributed by atoms with van der Waals surface area (Å²) in [4.78, 5) is 13.1. The van der Waals surface area contributed by atoms with Gasteiger partial charge in [-0.2, -0.15) is 0 Å². The van der Waals surface area contributed by atoms with Crippen LogP contribution in [0.2, 0.25) is 5.02 Å². The average Bonchev–Trinajstić information content (AvgIpc) is 2.79. The van der Waals surface area contributed by atoms with E-state index in [0.717, 1.165) is 24.8 Å². The minimum atomic E-state index is -3.85. The number of hydrogen-bond donors (Lipinski definition) is 1. The Kier molecular flexibility index (Phi) is 6.03. The molecule has 0 radical (unpaired) electrons. The summed E-state index contributed by atoms with van der Waals surface area (Å²) in [6.07, 6.45) is 2.80. The van der Waals surface area contributed by atoms with E-state index in [0.29, 0.717) is 5.69 Å². The number of sulfonamides is 1. The van der Waals surface area contributed by atoms with Crippen LogP contribution in [0.3, 0.4) is 0 Å². The van der Waals surface area contributed by atoms with Crippen molar-refractivity contribution in [1.82, 2.24) is 5.32 Å². The molecule has 0 heterocycles. The van der Waals surface area contributed by atoms with E-state index in [4.69, 9.17) is 11.6 Å². The first-order chi connectivity index (χ1) is 14.9. The largest absolute Gasteiger partial charge is 0.345 e. The zero-order valence-corrected chi connectivity index (χ0v) is 18.7. The standard InChI is InChI=1S/C24H23ClN2O3S/c1-27(18-10-3-2-4-11-18)31(29,30)19-14-15-22(25)21(16-19)24(28)26-23-13-7-9-17-8-5-6-12-20(17)23/h2-6,8,10-12,14-16,23H,7,9,13H2,1H3,(H,26,28)/t23-/m0/s1. The lowest BCUT2D eigenvalue weighted by atomic mass is 9.87. The third-order valence-electron chi connectivity index (χ3n) is 5.64. The Morgan fingerprint density at radius 1 is 1.03 bits per heavy atom. The molecular formula is C24H23ClN2O3S.